The van der Waals surface area contributed by atoms with Gasteiger partial charge in [-0.3, -0.25) is 9.89 Å². The number of nitrogens with one attached hydrogen (secondary N) is 1. The highest BCUT2D eigenvalue weighted by Gasteiger charge is 2.24. The van der Waals surface area contributed by atoms with Gasteiger partial charge in [-0.05, 0) is 35.8 Å². The number of H-pyrrole nitrogens is 1. The van der Waals surface area contributed by atoms with Crippen molar-refractivity contribution in [2.75, 3.05) is 0 Å². The summed E-state index contributed by atoms with van der Waals surface area (Å²) >= 11 is 3.35. The maximum atomic E-state index is 12.3. The van der Waals surface area contributed by atoms with E-state index in [9.17, 15) is 4.79 Å². The highest BCUT2D eigenvalue weighted by Crippen LogP contribution is 2.25. The molecule has 0 amide bonds. The summed E-state index contributed by atoms with van der Waals surface area (Å²) in [5.74, 6) is 0.374. The van der Waals surface area contributed by atoms with Gasteiger partial charge in [-0.2, -0.15) is 4.68 Å². The summed E-state index contributed by atoms with van der Waals surface area (Å²) in [6.45, 7) is 9.87. The lowest BCUT2D eigenvalue weighted by atomic mass is 9.93. The molecule has 5 nitrogen and oxygen atoms in total. The van der Waals surface area contributed by atoms with Crippen LogP contribution in [0.4, 0.5) is 0 Å². The predicted octanol–water partition coefficient (Wildman–Crippen LogP) is 2.63. The standard InChI is InChI=1S/C13H17BrN4O/c1-7-6-8(2)16-12(15-7)18-11(19)9(14)10(17-18)13(3,4)5/h6,17H,1-5H3. The van der Waals surface area contributed by atoms with Crippen LogP contribution in [0, 0.1) is 13.8 Å². The summed E-state index contributed by atoms with van der Waals surface area (Å²) in [6.07, 6.45) is 0. The van der Waals surface area contributed by atoms with Crippen molar-refractivity contribution in [3.8, 4) is 5.95 Å². The zero-order valence-corrected chi connectivity index (χ0v) is 13.3. The molecule has 0 atom stereocenters. The van der Waals surface area contributed by atoms with Crippen LogP contribution in [0.5, 0.6) is 0 Å². The molecule has 0 aliphatic rings. The molecule has 2 aromatic heterocycles. The number of halogens is 1. The third-order valence-corrected chi connectivity index (χ3v) is 3.49. The van der Waals surface area contributed by atoms with E-state index >= 15 is 0 Å². The maximum absolute atomic E-state index is 12.3. The van der Waals surface area contributed by atoms with Gasteiger partial charge in [-0.15, -0.1) is 0 Å². The molecule has 0 fully saturated rings. The van der Waals surface area contributed by atoms with Crippen LogP contribution in [0.2, 0.25) is 0 Å². The number of aromatic amines is 1. The Balaban J connectivity index is 2.67. The van der Waals surface area contributed by atoms with Gasteiger partial charge in [0.2, 0.25) is 0 Å². The summed E-state index contributed by atoms with van der Waals surface area (Å²) in [5, 5.41) is 3.09. The van der Waals surface area contributed by atoms with Gasteiger partial charge in [-0.1, -0.05) is 20.8 Å². The number of nitrogens with zero attached hydrogens (tertiary/aromatic N) is 3. The molecule has 0 aromatic carbocycles. The lowest BCUT2D eigenvalue weighted by Gasteiger charge is -2.16. The Morgan fingerprint density at radius 2 is 1.74 bits per heavy atom. The monoisotopic (exact) mass is 324 g/mol. The minimum atomic E-state index is -0.171. The van der Waals surface area contributed by atoms with Crippen LogP contribution in [0.15, 0.2) is 15.3 Å². The van der Waals surface area contributed by atoms with Crippen molar-refractivity contribution in [1.82, 2.24) is 19.7 Å². The van der Waals surface area contributed by atoms with Gasteiger partial charge in [0.15, 0.2) is 0 Å². The molecule has 0 aliphatic carbocycles. The van der Waals surface area contributed by atoms with Crippen molar-refractivity contribution in [2.24, 2.45) is 0 Å². The SMILES string of the molecule is Cc1cc(C)nc(-n2[nH]c(C(C)(C)C)c(Br)c2=O)n1. The second-order valence-corrected chi connectivity index (χ2v) is 6.44. The molecule has 0 spiro atoms. The minimum absolute atomic E-state index is 0.165. The molecular formula is C13H17BrN4O. The average molecular weight is 325 g/mol. The van der Waals surface area contributed by atoms with Crippen LogP contribution in [-0.2, 0) is 5.41 Å². The van der Waals surface area contributed by atoms with Crippen molar-refractivity contribution in [3.63, 3.8) is 0 Å². The van der Waals surface area contributed by atoms with Crippen molar-refractivity contribution in [1.29, 1.82) is 0 Å². The molecular weight excluding hydrogens is 308 g/mol. The third-order valence-electron chi connectivity index (χ3n) is 2.75. The topological polar surface area (TPSA) is 63.6 Å². The first-order chi connectivity index (χ1) is 8.70. The van der Waals surface area contributed by atoms with Gasteiger partial charge in [0.1, 0.15) is 4.47 Å². The van der Waals surface area contributed by atoms with Crippen molar-refractivity contribution in [3.05, 3.63) is 38.0 Å². The number of rotatable bonds is 1. The average Bonchev–Trinajstić information content (AvgIpc) is 2.54. The Morgan fingerprint density at radius 3 is 2.16 bits per heavy atom. The molecule has 0 radical (unpaired) electrons. The Morgan fingerprint density at radius 1 is 1.21 bits per heavy atom. The van der Waals surface area contributed by atoms with E-state index in [1.54, 1.807) is 0 Å². The zero-order valence-electron chi connectivity index (χ0n) is 11.7. The van der Waals surface area contributed by atoms with Crippen molar-refractivity contribution in [2.45, 2.75) is 40.0 Å². The van der Waals surface area contributed by atoms with Gasteiger partial charge in [0.05, 0.1) is 5.69 Å². The normalized spacial score (nSPS) is 11.9. The van der Waals surface area contributed by atoms with Crippen LogP contribution >= 0.6 is 15.9 Å². The van der Waals surface area contributed by atoms with Gasteiger partial charge < -0.3 is 0 Å². The molecule has 102 valence electrons. The molecule has 19 heavy (non-hydrogen) atoms. The Labute approximate surface area is 120 Å². The van der Waals surface area contributed by atoms with E-state index in [1.807, 2.05) is 40.7 Å². The fourth-order valence-electron chi connectivity index (χ4n) is 1.86. The number of aryl methyl sites for hydroxylation is 2. The first-order valence-corrected chi connectivity index (χ1v) is 6.83. The molecule has 0 aliphatic heterocycles. The quantitative estimate of drug-likeness (QED) is 0.877. The molecule has 0 saturated carbocycles. The van der Waals surface area contributed by atoms with E-state index < -0.39 is 0 Å². The van der Waals surface area contributed by atoms with Crippen LogP contribution in [-0.4, -0.2) is 19.7 Å². The molecule has 2 rings (SSSR count). The van der Waals surface area contributed by atoms with Crippen LogP contribution in [0.25, 0.3) is 5.95 Å². The highest BCUT2D eigenvalue weighted by atomic mass is 79.9. The summed E-state index contributed by atoms with van der Waals surface area (Å²) in [7, 11) is 0. The van der Waals surface area contributed by atoms with Crippen molar-refractivity contribution >= 4 is 15.9 Å². The molecule has 2 heterocycles. The van der Waals surface area contributed by atoms with E-state index in [-0.39, 0.29) is 11.0 Å². The van der Waals surface area contributed by atoms with Crippen LogP contribution in [0.1, 0.15) is 37.9 Å². The predicted molar refractivity (Wildman–Crippen MR) is 77.9 cm³/mol. The minimum Gasteiger partial charge on any atom is -0.291 e. The van der Waals surface area contributed by atoms with Gasteiger partial charge in [0.25, 0.3) is 11.5 Å². The Bertz CT molecular complexity index is 659. The molecule has 0 saturated heterocycles. The highest BCUT2D eigenvalue weighted by molar-refractivity contribution is 9.10. The Kier molecular flexibility index (Phi) is 3.38. The summed E-state index contributed by atoms with van der Waals surface area (Å²) in [4.78, 5) is 20.9. The van der Waals surface area contributed by atoms with E-state index in [0.717, 1.165) is 17.1 Å². The number of hydrogen-bond acceptors (Lipinski definition) is 3. The Hall–Kier alpha value is -1.43. The smallest absolute Gasteiger partial charge is 0.288 e. The first-order valence-electron chi connectivity index (χ1n) is 6.04. The molecule has 2 aromatic rings. The van der Waals surface area contributed by atoms with Gasteiger partial charge in [0, 0.05) is 16.8 Å². The number of hydrogen-bond donors (Lipinski definition) is 1. The molecule has 1 N–H and O–H groups in total. The third kappa shape index (κ3) is 2.63. The molecule has 0 unspecified atom stereocenters. The first kappa shape index (κ1) is 14.0. The fourth-order valence-corrected chi connectivity index (χ4v) is 2.72. The lowest BCUT2D eigenvalue weighted by molar-refractivity contribution is 0.555. The fraction of sp³-hybridized carbons (Fsp3) is 0.462. The van der Waals surface area contributed by atoms with Crippen molar-refractivity contribution < 1.29 is 0 Å². The van der Waals surface area contributed by atoms with E-state index in [2.05, 4.69) is 31.0 Å². The van der Waals surface area contributed by atoms with Gasteiger partial charge in [-0.25, -0.2) is 9.97 Å². The molecule has 6 heteroatoms. The second kappa shape index (κ2) is 4.59. The summed E-state index contributed by atoms with van der Waals surface area (Å²) < 4.78 is 1.91. The van der Waals surface area contributed by atoms with Gasteiger partial charge >= 0.3 is 0 Å². The van der Waals surface area contributed by atoms with E-state index in [1.165, 1.54) is 4.68 Å². The number of aromatic nitrogens is 4. The van der Waals surface area contributed by atoms with E-state index in [4.69, 9.17) is 0 Å². The molecule has 0 bridgehead atoms. The van der Waals surface area contributed by atoms with Crippen LogP contribution < -0.4 is 5.56 Å². The maximum Gasteiger partial charge on any atom is 0.288 e. The summed E-state index contributed by atoms with van der Waals surface area (Å²) in [5.41, 5.74) is 2.16. The van der Waals surface area contributed by atoms with Crippen LogP contribution in [0.3, 0.4) is 0 Å². The lowest BCUT2D eigenvalue weighted by Crippen LogP contribution is -2.18. The summed E-state index contributed by atoms with van der Waals surface area (Å²) in [6, 6.07) is 1.87. The zero-order chi connectivity index (χ0) is 14.4. The second-order valence-electron chi connectivity index (χ2n) is 5.64. The van der Waals surface area contributed by atoms with E-state index in [0.29, 0.717) is 10.4 Å². The largest absolute Gasteiger partial charge is 0.291 e.